The van der Waals surface area contributed by atoms with Gasteiger partial charge in [-0.25, -0.2) is 0 Å². The standard InChI is InChI=1S/C7H11BrO3/c1-7(4-8)5-10-3-2-6(9)11-7/h2-5H2,1H3. The first kappa shape index (κ1) is 9.00. The van der Waals surface area contributed by atoms with Crippen molar-refractivity contribution in [1.29, 1.82) is 0 Å². The topological polar surface area (TPSA) is 35.5 Å². The van der Waals surface area contributed by atoms with Crippen molar-refractivity contribution in [3.05, 3.63) is 0 Å². The number of cyclic esters (lactones) is 1. The Balaban J connectivity index is 2.58. The van der Waals surface area contributed by atoms with Crippen LogP contribution in [0.25, 0.3) is 0 Å². The minimum atomic E-state index is -0.479. The van der Waals surface area contributed by atoms with Crippen LogP contribution in [0, 0.1) is 0 Å². The van der Waals surface area contributed by atoms with Crippen molar-refractivity contribution in [2.45, 2.75) is 18.9 Å². The van der Waals surface area contributed by atoms with Crippen LogP contribution in [0.4, 0.5) is 0 Å². The van der Waals surface area contributed by atoms with Crippen LogP contribution in [0.15, 0.2) is 0 Å². The highest BCUT2D eigenvalue weighted by Gasteiger charge is 2.30. The van der Waals surface area contributed by atoms with Gasteiger partial charge in [0.25, 0.3) is 0 Å². The van der Waals surface area contributed by atoms with Gasteiger partial charge < -0.3 is 9.47 Å². The number of rotatable bonds is 1. The average Bonchev–Trinajstić information content (AvgIpc) is 2.13. The Morgan fingerprint density at radius 2 is 2.45 bits per heavy atom. The number of carbonyl (C=O) groups is 1. The number of hydrogen-bond donors (Lipinski definition) is 0. The molecule has 4 heteroatoms. The molecule has 1 atom stereocenters. The summed E-state index contributed by atoms with van der Waals surface area (Å²) in [7, 11) is 0. The molecule has 1 saturated heterocycles. The Morgan fingerprint density at radius 1 is 1.73 bits per heavy atom. The molecule has 64 valence electrons. The molecule has 0 aromatic rings. The van der Waals surface area contributed by atoms with Crippen molar-refractivity contribution in [1.82, 2.24) is 0 Å². The van der Waals surface area contributed by atoms with E-state index in [0.717, 1.165) is 0 Å². The molecular weight excluding hydrogens is 212 g/mol. The van der Waals surface area contributed by atoms with E-state index in [9.17, 15) is 4.79 Å². The lowest BCUT2D eigenvalue weighted by Gasteiger charge is -2.24. The molecule has 1 heterocycles. The molecule has 0 spiro atoms. The molecule has 0 bridgehead atoms. The summed E-state index contributed by atoms with van der Waals surface area (Å²) < 4.78 is 10.3. The fourth-order valence-corrected chi connectivity index (χ4v) is 1.14. The van der Waals surface area contributed by atoms with E-state index in [4.69, 9.17) is 9.47 Å². The monoisotopic (exact) mass is 222 g/mol. The Hall–Kier alpha value is -0.0900. The number of halogens is 1. The van der Waals surface area contributed by atoms with Gasteiger partial charge in [-0.3, -0.25) is 4.79 Å². The SMILES string of the molecule is CC1(CBr)COCCC(=O)O1. The van der Waals surface area contributed by atoms with Crippen molar-refractivity contribution in [2.75, 3.05) is 18.5 Å². The lowest BCUT2D eigenvalue weighted by molar-refractivity contribution is -0.154. The third-order valence-corrected chi connectivity index (χ3v) is 2.69. The Bertz CT molecular complexity index is 160. The summed E-state index contributed by atoms with van der Waals surface area (Å²) >= 11 is 3.27. The second kappa shape index (κ2) is 3.54. The first-order valence-electron chi connectivity index (χ1n) is 3.52. The molecule has 3 nitrogen and oxygen atoms in total. The number of alkyl halides is 1. The molecule has 0 aromatic heterocycles. The molecule has 1 aliphatic heterocycles. The molecule has 0 aliphatic carbocycles. The first-order valence-corrected chi connectivity index (χ1v) is 4.64. The summed E-state index contributed by atoms with van der Waals surface area (Å²) in [5.74, 6) is -0.176. The maximum absolute atomic E-state index is 10.9. The van der Waals surface area contributed by atoms with Gasteiger partial charge in [0.1, 0.15) is 5.60 Å². The summed E-state index contributed by atoms with van der Waals surface area (Å²) in [5.41, 5.74) is -0.479. The van der Waals surface area contributed by atoms with Crippen LogP contribution < -0.4 is 0 Å². The van der Waals surface area contributed by atoms with E-state index in [1.54, 1.807) is 0 Å². The number of carbonyl (C=O) groups excluding carboxylic acids is 1. The van der Waals surface area contributed by atoms with Crippen LogP contribution in [0.1, 0.15) is 13.3 Å². The van der Waals surface area contributed by atoms with E-state index < -0.39 is 5.60 Å². The van der Waals surface area contributed by atoms with Crippen molar-refractivity contribution in [2.24, 2.45) is 0 Å². The smallest absolute Gasteiger partial charge is 0.308 e. The van der Waals surface area contributed by atoms with Crippen molar-refractivity contribution in [3.63, 3.8) is 0 Å². The average molecular weight is 223 g/mol. The van der Waals surface area contributed by atoms with Crippen molar-refractivity contribution >= 4 is 21.9 Å². The zero-order valence-corrected chi connectivity index (χ0v) is 8.02. The quantitative estimate of drug-likeness (QED) is 0.493. The number of ether oxygens (including phenoxy) is 2. The highest BCUT2D eigenvalue weighted by Crippen LogP contribution is 2.18. The zero-order valence-electron chi connectivity index (χ0n) is 6.43. The van der Waals surface area contributed by atoms with E-state index in [1.165, 1.54) is 0 Å². The van der Waals surface area contributed by atoms with Gasteiger partial charge in [0.15, 0.2) is 0 Å². The number of hydrogen-bond acceptors (Lipinski definition) is 3. The summed E-state index contributed by atoms with van der Waals surface area (Å²) in [4.78, 5) is 10.9. The molecule has 1 unspecified atom stereocenters. The van der Waals surface area contributed by atoms with Crippen LogP contribution in [0.2, 0.25) is 0 Å². The zero-order chi connectivity index (χ0) is 8.32. The van der Waals surface area contributed by atoms with Crippen LogP contribution in [0.5, 0.6) is 0 Å². The highest BCUT2D eigenvalue weighted by molar-refractivity contribution is 9.09. The van der Waals surface area contributed by atoms with Crippen LogP contribution in [0.3, 0.4) is 0 Å². The molecule has 1 aliphatic rings. The van der Waals surface area contributed by atoms with Gasteiger partial charge in [0.2, 0.25) is 0 Å². The van der Waals surface area contributed by atoms with E-state index in [-0.39, 0.29) is 5.97 Å². The molecular formula is C7H11BrO3. The Morgan fingerprint density at radius 3 is 3.09 bits per heavy atom. The van der Waals surface area contributed by atoms with Crippen LogP contribution >= 0.6 is 15.9 Å². The van der Waals surface area contributed by atoms with Gasteiger partial charge in [0, 0.05) is 5.33 Å². The largest absolute Gasteiger partial charge is 0.456 e. The summed E-state index contributed by atoms with van der Waals surface area (Å²) in [6, 6.07) is 0. The third-order valence-electron chi connectivity index (χ3n) is 1.50. The predicted molar refractivity (Wildman–Crippen MR) is 43.7 cm³/mol. The molecule has 11 heavy (non-hydrogen) atoms. The van der Waals surface area contributed by atoms with Crippen LogP contribution in [-0.4, -0.2) is 30.1 Å². The van der Waals surface area contributed by atoms with Gasteiger partial charge >= 0.3 is 5.97 Å². The van der Waals surface area contributed by atoms with Crippen molar-refractivity contribution in [3.8, 4) is 0 Å². The van der Waals surface area contributed by atoms with Gasteiger partial charge in [-0.15, -0.1) is 0 Å². The predicted octanol–water partition coefficient (Wildman–Crippen LogP) is 1.10. The molecule has 0 N–H and O–H groups in total. The fourth-order valence-electron chi connectivity index (χ4n) is 0.865. The number of esters is 1. The normalized spacial score (nSPS) is 32.7. The third kappa shape index (κ3) is 2.45. The van der Waals surface area contributed by atoms with Crippen molar-refractivity contribution < 1.29 is 14.3 Å². The van der Waals surface area contributed by atoms with E-state index in [1.807, 2.05) is 6.92 Å². The van der Waals surface area contributed by atoms with Crippen LogP contribution in [-0.2, 0) is 14.3 Å². The molecule has 0 radical (unpaired) electrons. The second-order valence-electron chi connectivity index (χ2n) is 2.86. The van der Waals surface area contributed by atoms with E-state index in [0.29, 0.717) is 25.0 Å². The maximum atomic E-state index is 10.9. The fraction of sp³-hybridized carbons (Fsp3) is 0.857. The minimum absolute atomic E-state index is 0.176. The first-order chi connectivity index (χ1) is 5.16. The minimum Gasteiger partial charge on any atom is -0.456 e. The Labute approximate surface area is 74.2 Å². The molecule has 0 amide bonds. The molecule has 1 fully saturated rings. The lowest BCUT2D eigenvalue weighted by atomic mass is 10.1. The van der Waals surface area contributed by atoms with Gasteiger partial charge in [-0.05, 0) is 6.92 Å². The molecule has 0 saturated carbocycles. The van der Waals surface area contributed by atoms with Gasteiger partial charge in [-0.1, -0.05) is 15.9 Å². The maximum Gasteiger partial charge on any atom is 0.308 e. The summed E-state index contributed by atoms with van der Waals surface area (Å²) in [5, 5.41) is 0.617. The second-order valence-corrected chi connectivity index (χ2v) is 3.42. The highest BCUT2D eigenvalue weighted by atomic mass is 79.9. The molecule has 0 aromatic carbocycles. The van der Waals surface area contributed by atoms with Gasteiger partial charge in [-0.2, -0.15) is 0 Å². The molecule has 1 rings (SSSR count). The summed E-state index contributed by atoms with van der Waals surface area (Å²) in [6.07, 6.45) is 0.364. The lowest BCUT2D eigenvalue weighted by Crippen LogP contribution is -2.36. The van der Waals surface area contributed by atoms with E-state index in [2.05, 4.69) is 15.9 Å². The van der Waals surface area contributed by atoms with Gasteiger partial charge in [0.05, 0.1) is 19.6 Å². The Kier molecular flexibility index (Phi) is 2.90. The summed E-state index contributed by atoms with van der Waals surface area (Å²) in [6.45, 7) is 2.80. The van der Waals surface area contributed by atoms with E-state index >= 15 is 0 Å².